The Labute approximate surface area is 150 Å². The summed E-state index contributed by atoms with van der Waals surface area (Å²) >= 11 is 5.07. The van der Waals surface area contributed by atoms with Crippen LogP contribution >= 0.6 is 27.3 Å². The van der Waals surface area contributed by atoms with Gasteiger partial charge in [0.15, 0.2) is 0 Å². The fourth-order valence-electron chi connectivity index (χ4n) is 2.49. The highest BCUT2D eigenvalue weighted by Gasteiger charge is 2.18. The molecule has 4 nitrogen and oxygen atoms in total. The summed E-state index contributed by atoms with van der Waals surface area (Å²) in [5, 5.41) is 5.01. The lowest BCUT2D eigenvalue weighted by Gasteiger charge is -2.07. The van der Waals surface area contributed by atoms with Gasteiger partial charge < -0.3 is 5.32 Å². The van der Waals surface area contributed by atoms with Gasteiger partial charge in [0, 0.05) is 16.2 Å². The van der Waals surface area contributed by atoms with E-state index in [1.54, 1.807) is 23.5 Å². The molecular formula is C18H12BrN3OS. The van der Waals surface area contributed by atoms with E-state index in [1.165, 1.54) is 0 Å². The van der Waals surface area contributed by atoms with E-state index in [0.717, 1.165) is 20.7 Å². The van der Waals surface area contributed by atoms with Crippen molar-refractivity contribution in [2.75, 3.05) is 5.32 Å². The molecule has 3 heterocycles. The molecule has 0 aliphatic heterocycles. The number of carbonyl (C=O) groups is 1. The third kappa shape index (κ3) is 2.74. The molecule has 0 saturated heterocycles. The fraction of sp³-hybridized carbons (Fsp3) is 0. The van der Waals surface area contributed by atoms with Gasteiger partial charge in [0.1, 0.15) is 17.2 Å². The van der Waals surface area contributed by atoms with Gasteiger partial charge in [-0.05, 0) is 51.6 Å². The molecule has 0 saturated carbocycles. The van der Waals surface area contributed by atoms with Gasteiger partial charge in [-0.15, -0.1) is 11.3 Å². The van der Waals surface area contributed by atoms with Gasteiger partial charge in [0.25, 0.3) is 5.91 Å². The number of carbonyl (C=O) groups excluding carboxylic acids is 1. The van der Waals surface area contributed by atoms with Crippen molar-refractivity contribution in [1.82, 2.24) is 9.38 Å². The van der Waals surface area contributed by atoms with E-state index in [0.29, 0.717) is 11.4 Å². The minimum Gasteiger partial charge on any atom is -0.306 e. The normalized spacial score (nSPS) is 10.9. The van der Waals surface area contributed by atoms with Crippen LogP contribution in [0.3, 0.4) is 0 Å². The number of halogens is 1. The Morgan fingerprint density at radius 3 is 2.67 bits per heavy atom. The summed E-state index contributed by atoms with van der Waals surface area (Å²) in [6, 6.07) is 17.0. The predicted octanol–water partition coefficient (Wildman–Crippen LogP) is 5.08. The number of thiophene rings is 1. The van der Waals surface area contributed by atoms with Gasteiger partial charge in [0.2, 0.25) is 0 Å². The van der Waals surface area contributed by atoms with Crippen LogP contribution < -0.4 is 5.32 Å². The van der Waals surface area contributed by atoms with E-state index in [1.807, 2.05) is 58.4 Å². The van der Waals surface area contributed by atoms with Crippen molar-refractivity contribution in [3.63, 3.8) is 0 Å². The monoisotopic (exact) mass is 397 g/mol. The number of imidazole rings is 1. The van der Waals surface area contributed by atoms with Crippen molar-refractivity contribution in [3.05, 3.63) is 76.2 Å². The first-order valence-electron chi connectivity index (χ1n) is 7.30. The molecule has 4 aromatic rings. The molecule has 0 unspecified atom stereocenters. The Hall–Kier alpha value is -2.44. The molecule has 0 atom stereocenters. The van der Waals surface area contributed by atoms with Crippen molar-refractivity contribution in [3.8, 4) is 10.6 Å². The number of nitrogens with zero attached hydrogens (tertiary/aromatic N) is 2. The first kappa shape index (κ1) is 15.1. The molecule has 1 aromatic carbocycles. The molecule has 0 aliphatic rings. The van der Waals surface area contributed by atoms with Crippen LogP contribution in [0.4, 0.5) is 5.82 Å². The summed E-state index contributed by atoms with van der Waals surface area (Å²) < 4.78 is 2.81. The number of hydrogen-bond donors (Lipinski definition) is 1. The molecule has 0 aliphatic carbocycles. The molecule has 3 aromatic heterocycles. The van der Waals surface area contributed by atoms with E-state index in [-0.39, 0.29) is 5.91 Å². The summed E-state index contributed by atoms with van der Waals surface area (Å²) in [6.45, 7) is 0. The van der Waals surface area contributed by atoms with Gasteiger partial charge in [-0.2, -0.15) is 0 Å². The summed E-state index contributed by atoms with van der Waals surface area (Å²) in [5.74, 6) is 0.512. The number of fused-ring (bicyclic) bond motifs is 1. The number of hydrogen-bond acceptors (Lipinski definition) is 3. The topological polar surface area (TPSA) is 46.4 Å². The molecule has 1 amide bonds. The second kappa shape index (κ2) is 6.22. The van der Waals surface area contributed by atoms with Crippen molar-refractivity contribution < 1.29 is 4.79 Å². The maximum atomic E-state index is 12.6. The standard InChI is InChI=1S/C18H12BrN3OS/c19-13-8-9-15-20-16(14-7-4-10-24-14)17(22(15)11-13)21-18(23)12-5-2-1-3-6-12/h1-11H,(H,21,23). The minimum absolute atomic E-state index is 0.157. The van der Waals surface area contributed by atoms with Crippen molar-refractivity contribution in [1.29, 1.82) is 0 Å². The summed E-state index contributed by atoms with van der Waals surface area (Å²) in [6.07, 6.45) is 1.90. The molecule has 0 radical (unpaired) electrons. The number of benzene rings is 1. The van der Waals surface area contributed by atoms with E-state index >= 15 is 0 Å². The van der Waals surface area contributed by atoms with Gasteiger partial charge >= 0.3 is 0 Å². The molecule has 6 heteroatoms. The second-order valence-electron chi connectivity index (χ2n) is 5.18. The van der Waals surface area contributed by atoms with E-state index in [2.05, 4.69) is 26.2 Å². The number of nitrogens with one attached hydrogen (secondary N) is 1. The lowest BCUT2D eigenvalue weighted by Crippen LogP contribution is -2.13. The van der Waals surface area contributed by atoms with Crippen LogP contribution in [0.1, 0.15) is 10.4 Å². The first-order chi connectivity index (χ1) is 11.7. The molecule has 4 rings (SSSR count). The van der Waals surface area contributed by atoms with Crippen molar-refractivity contribution in [2.24, 2.45) is 0 Å². The number of rotatable bonds is 3. The Balaban J connectivity index is 1.84. The molecule has 0 spiro atoms. The van der Waals surface area contributed by atoms with E-state index < -0.39 is 0 Å². The van der Waals surface area contributed by atoms with Crippen LogP contribution in [0.2, 0.25) is 0 Å². The van der Waals surface area contributed by atoms with Crippen LogP contribution in [0.15, 0.2) is 70.6 Å². The zero-order valence-corrected chi connectivity index (χ0v) is 14.8. The molecule has 118 valence electrons. The quantitative estimate of drug-likeness (QED) is 0.523. The summed E-state index contributed by atoms with van der Waals surface area (Å²) in [5.41, 5.74) is 2.16. The average Bonchev–Trinajstić information content (AvgIpc) is 3.24. The highest BCUT2D eigenvalue weighted by molar-refractivity contribution is 9.10. The Bertz CT molecular complexity index is 1010. The highest BCUT2D eigenvalue weighted by atomic mass is 79.9. The SMILES string of the molecule is O=C(Nc1c(-c2cccs2)nc2ccc(Br)cn12)c1ccccc1. The average molecular weight is 398 g/mol. The Morgan fingerprint density at radius 2 is 1.92 bits per heavy atom. The van der Waals surface area contributed by atoms with Gasteiger partial charge in [0.05, 0.1) is 4.88 Å². The minimum atomic E-state index is -0.157. The maximum Gasteiger partial charge on any atom is 0.256 e. The first-order valence-corrected chi connectivity index (χ1v) is 8.97. The molecular weight excluding hydrogens is 386 g/mol. The molecule has 0 fully saturated rings. The molecule has 0 bridgehead atoms. The van der Waals surface area contributed by atoms with Crippen molar-refractivity contribution in [2.45, 2.75) is 0 Å². The molecule has 24 heavy (non-hydrogen) atoms. The van der Waals surface area contributed by atoms with E-state index in [9.17, 15) is 4.79 Å². The van der Waals surface area contributed by atoms with E-state index in [4.69, 9.17) is 0 Å². The zero-order chi connectivity index (χ0) is 16.5. The fourth-order valence-corrected chi connectivity index (χ4v) is 3.54. The summed E-state index contributed by atoms with van der Waals surface area (Å²) in [7, 11) is 0. The second-order valence-corrected chi connectivity index (χ2v) is 7.05. The number of amides is 1. The zero-order valence-electron chi connectivity index (χ0n) is 12.4. The van der Waals surface area contributed by atoms with Crippen LogP contribution in [-0.2, 0) is 0 Å². The van der Waals surface area contributed by atoms with Gasteiger partial charge in [-0.1, -0.05) is 24.3 Å². The lowest BCUT2D eigenvalue weighted by atomic mass is 10.2. The van der Waals surface area contributed by atoms with Crippen LogP contribution in [-0.4, -0.2) is 15.3 Å². The molecule has 1 N–H and O–H groups in total. The maximum absolute atomic E-state index is 12.6. The van der Waals surface area contributed by atoms with Crippen LogP contribution in [0.25, 0.3) is 16.2 Å². The number of aromatic nitrogens is 2. The smallest absolute Gasteiger partial charge is 0.256 e. The Kier molecular flexibility index (Phi) is 3.92. The predicted molar refractivity (Wildman–Crippen MR) is 101 cm³/mol. The summed E-state index contributed by atoms with van der Waals surface area (Å²) in [4.78, 5) is 18.3. The number of pyridine rings is 1. The van der Waals surface area contributed by atoms with Crippen LogP contribution in [0, 0.1) is 0 Å². The van der Waals surface area contributed by atoms with Gasteiger partial charge in [-0.25, -0.2) is 4.98 Å². The third-order valence-corrected chi connectivity index (χ3v) is 4.95. The number of anilines is 1. The highest BCUT2D eigenvalue weighted by Crippen LogP contribution is 2.32. The third-order valence-electron chi connectivity index (χ3n) is 3.60. The Morgan fingerprint density at radius 1 is 1.08 bits per heavy atom. The van der Waals surface area contributed by atoms with Crippen molar-refractivity contribution >= 4 is 44.6 Å². The van der Waals surface area contributed by atoms with Gasteiger partial charge in [-0.3, -0.25) is 9.20 Å². The van der Waals surface area contributed by atoms with Crippen LogP contribution in [0.5, 0.6) is 0 Å². The lowest BCUT2D eigenvalue weighted by molar-refractivity contribution is 0.102. The largest absolute Gasteiger partial charge is 0.306 e.